The van der Waals surface area contributed by atoms with Crippen LogP contribution in [0.25, 0.3) is 0 Å². The predicted octanol–water partition coefficient (Wildman–Crippen LogP) is 4.32. The van der Waals surface area contributed by atoms with Crippen molar-refractivity contribution in [2.45, 2.75) is 32.2 Å². The summed E-state index contributed by atoms with van der Waals surface area (Å²) in [5.74, 6) is 2.87. The average molecular weight is 382 g/mol. The van der Waals surface area contributed by atoms with Gasteiger partial charge in [-0.2, -0.15) is 0 Å². The minimum Gasteiger partial charge on any atom is -0.321 e. The standard InChI is InChI=1S/C22H20F2N2O2/c1-4-22(2)14-19(27)26(21(28)25(22)3)20-17(23)12-16(13-18(20)24)11-10-15-8-6-5-7-9-15/h5-9,12-13H,4,14H2,1-3H3/t22-/m0/s1. The van der Waals surface area contributed by atoms with Crippen molar-refractivity contribution < 1.29 is 18.4 Å². The first-order valence-electron chi connectivity index (χ1n) is 8.93. The number of amides is 3. The molecule has 1 fully saturated rings. The van der Waals surface area contributed by atoms with E-state index in [1.54, 1.807) is 19.1 Å². The molecule has 0 radical (unpaired) electrons. The van der Waals surface area contributed by atoms with E-state index in [4.69, 9.17) is 0 Å². The van der Waals surface area contributed by atoms with Crippen LogP contribution in [0, 0.1) is 23.5 Å². The lowest BCUT2D eigenvalue weighted by Gasteiger charge is -2.45. The number of benzene rings is 2. The number of halogens is 2. The van der Waals surface area contributed by atoms with Crippen molar-refractivity contribution >= 4 is 17.6 Å². The number of urea groups is 1. The second-order valence-electron chi connectivity index (χ2n) is 7.00. The van der Waals surface area contributed by atoms with Gasteiger partial charge in [-0.05, 0) is 37.6 Å². The van der Waals surface area contributed by atoms with Crippen LogP contribution in [-0.4, -0.2) is 29.4 Å². The molecule has 1 atom stereocenters. The number of nitrogens with zero attached hydrogens (tertiary/aromatic N) is 2. The van der Waals surface area contributed by atoms with Crippen molar-refractivity contribution in [3.63, 3.8) is 0 Å². The van der Waals surface area contributed by atoms with Gasteiger partial charge in [-0.25, -0.2) is 18.5 Å². The molecule has 4 nitrogen and oxygen atoms in total. The number of rotatable bonds is 2. The Hall–Kier alpha value is -3.20. The van der Waals surface area contributed by atoms with Gasteiger partial charge >= 0.3 is 6.03 Å². The maximum Gasteiger partial charge on any atom is 0.331 e. The van der Waals surface area contributed by atoms with E-state index < -0.39 is 34.8 Å². The van der Waals surface area contributed by atoms with E-state index in [2.05, 4.69) is 11.8 Å². The Morgan fingerprint density at radius 2 is 1.61 bits per heavy atom. The molecule has 1 saturated heterocycles. The molecule has 0 N–H and O–H groups in total. The van der Waals surface area contributed by atoms with Gasteiger partial charge < -0.3 is 4.90 Å². The lowest BCUT2D eigenvalue weighted by Crippen LogP contribution is -2.61. The Labute approximate surface area is 162 Å². The zero-order valence-corrected chi connectivity index (χ0v) is 15.9. The molecule has 0 aromatic heterocycles. The molecule has 1 aliphatic rings. The van der Waals surface area contributed by atoms with Crippen LogP contribution in [0.3, 0.4) is 0 Å². The van der Waals surface area contributed by atoms with Gasteiger partial charge in [0.25, 0.3) is 0 Å². The number of hydrogen-bond acceptors (Lipinski definition) is 2. The molecule has 1 heterocycles. The summed E-state index contributed by atoms with van der Waals surface area (Å²) < 4.78 is 29.4. The van der Waals surface area contributed by atoms with E-state index in [-0.39, 0.29) is 12.0 Å². The van der Waals surface area contributed by atoms with Crippen molar-refractivity contribution in [3.8, 4) is 11.8 Å². The third-order valence-electron chi connectivity index (χ3n) is 5.20. The van der Waals surface area contributed by atoms with Gasteiger partial charge in [0.15, 0.2) is 11.6 Å². The minimum atomic E-state index is -1.01. The van der Waals surface area contributed by atoms with Crippen molar-refractivity contribution in [1.29, 1.82) is 0 Å². The SMILES string of the molecule is CC[C@@]1(C)CC(=O)N(c2c(F)cc(C#Cc3ccccc3)cc2F)C(=O)N1C. The molecular formula is C22H20F2N2O2. The van der Waals surface area contributed by atoms with E-state index in [1.807, 2.05) is 25.1 Å². The summed E-state index contributed by atoms with van der Waals surface area (Å²) in [5, 5.41) is 0. The van der Waals surface area contributed by atoms with Gasteiger partial charge in [0.2, 0.25) is 5.91 Å². The molecule has 1 aliphatic heterocycles. The second kappa shape index (κ2) is 7.43. The normalized spacial score (nSPS) is 19.5. The van der Waals surface area contributed by atoms with Crippen molar-refractivity contribution in [2.75, 3.05) is 11.9 Å². The van der Waals surface area contributed by atoms with Gasteiger partial charge in [0.05, 0.1) is 12.0 Å². The van der Waals surface area contributed by atoms with Crippen LogP contribution < -0.4 is 4.90 Å². The largest absolute Gasteiger partial charge is 0.331 e. The highest BCUT2D eigenvalue weighted by Crippen LogP contribution is 2.34. The van der Waals surface area contributed by atoms with Crippen LogP contribution in [0.1, 0.15) is 37.8 Å². The zero-order valence-electron chi connectivity index (χ0n) is 15.9. The molecule has 3 amide bonds. The van der Waals surface area contributed by atoms with Crippen LogP contribution in [0.4, 0.5) is 19.3 Å². The molecule has 0 spiro atoms. The summed E-state index contributed by atoms with van der Waals surface area (Å²) >= 11 is 0. The predicted molar refractivity (Wildman–Crippen MR) is 103 cm³/mol. The van der Waals surface area contributed by atoms with E-state index in [0.29, 0.717) is 16.9 Å². The molecular weight excluding hydrogens is 362 g/mol. The minimum absolute atomic E-state index is 0.0137. The summed E-state index contributed by atoms with van der Waals surface area (Å²) in [7, 11) is 1.53. The number of carbonyl (C=O) groups is 2. The van der Waals surface area contributed by atoms with Gasteiger partial charge in [0.1, 0.15) is 5.69 Å². The third-order valence-corrected chi connectivity index (χ3v) is 5.20. The molecule has 2 aromatic rings. The van der Waals surface area contributed by atoms with E-state index >= 15 is 0 Å². The van der Waals surface area contributed by atoms with E-state index in [9.17, 15) is 18.4 Å². The molecule has 0 unspecified atom stereocenters. The maximum atomic E-state index is 14.7. The molecule has 144 valence electrons. The van der Waals surface area contributed by atoms with E-state index in [0.717, 1.165) is 12.1 Å². The molecule has 0 aliphatic carbocycles. The quantitative estimate of drug-likeness (QED) is 0.726. The van der Waals surface area contributed by atoms with Crippen LogP contribution in [0.15, 0.2) is 42.5 Å². The summed E-state index contributed by atoms with van der Waals surface area (Å²) in [6, 6.07) is 10.3. The van der Waals surface area contributed by atoms with Crippen LogP contribution in [0.5, 0.6) is 0 Å². The fourth-order valence-electron chi connectivity index (χ4n) is 3.11. The van der Waals surface area contributed by atoms with Gasteiger partial charge in [0, 0.05) is 18.2 Å². The first-order valence-corrected chi connectivity index (χ1v) is 8.93. The number of carbonyl (C=O) groups excluding carboxylic acids is 2. The highest BCUT2D eigenvalue weighted by atomic mass is 19.1. The molecule has 28 heavy (non-hydrogen) atoms. The first-order chi connectivity index (χ1) is 13.3. The lowest BCUT2D eigenvalue weighted by atomic mass is 9.90. The fraction of sp³-hybridized carbons (Fsp3) is 0.273. The highest BCUT2D eigenvalue weighted by Gasteiger charge is 2.45. The van der Waals surface area contributed by atoms with E-state index in [1.165, 1.54) is 11.9 Å². The topological polar surface area (TPSA) is 40.6 Å². The number of hydrogen-bond donors (Lipinski definition) is 0. The van der Waals surface area contributed by atoms with Crippen molar-refractivity contribution in [3.05, 3.63) is 65.2 Å². The maximum absolute atomic E-state index is 14.7. The molecule has 2 aromatic carbocycles. The first kappa shape index (κ1) is 19.6. The average Bonchev–Trinajstić information content (AvgIpc) is 2.67. The zero-order chi connectivity index (χ0) is 20.5. The Morgan fingerprint density at radius 3 is 2.18 bits per heavy atom. The summed E-state index contributed by atoms with van der Waals surface area (Å²) in [6.45, 7) is 3.63. The molecule has 6 heteroatoms. The van der Waals surface area contributed by atoms with Crippen molar-refractivity contribution in [2.24, 2.45) is 0 Å². The summed E-state index contributed by atoms with van der Waals surface area (Å²) in [5.41, 5.74) is -0.524. The van der Waals surface area contributed by atoms with Gasteiger partial charge in [-0.3, -0.25) is 4.79 Å². The molecule has 0 bridgehead atoms. The van der Waals surface area contributed by atoms with Crippen LogP contribution in [0.2, 0.25) is 0 Å². The summed E-state index contributed by atoms with van der Waals surface area (Å²) in [4.78, 5) is 27.2. The Morgan fingerprint density at radius 1 is 1.04 bits per heavy atom. The van der Waals surface area contributed by atoms with Crippen LogP contribution in [-0.2, 0) is 4.79 Å². The van der Waals surface area contributed by atoms with Gasteiger partial charge in [-0.1, -0.05) is 37.0 Å². The van der Waals surface area contributed by atoms with Crippen LogP contribution >= 0.6 is 0 Å². The smallest absolute Gasteiger partial charge is 0.321 e. The second-order valence-corrected chi connectivity index (χ2v) is 7.00. The Bertz CT molecular complexity index is 972. The lowest BCUT2D eigenvalue weighted by molar-refractivity contribution is -0.122. The Kier molecular flexibility index (Phi) is 5.19. The molecule has 3 rings (SSSR count). The Balaban J connectivity index is 1.97. The van der Waals surface area contributed by atoms with Gasteiger partial charge in [-0.15, -0.1) is 0 Å². The molecule has 0 saturated carbocycles. The fourth-order valence-corrected chi connectivity index (χ4v) is 3.11. The number of imide groups is 1. The third kappa shape index (κ3) is 3.48. The number of anilines is 1. The highest BCUT2D eigenvalue weighted by molar-refractivity contribution is 6.16. The van der Waals surface area contributed by atoms with Crippen molar-refractivity contribution in [1.82, 2.24) is 4.90 Å². The monoisotopic (exact) mass is 382 g/mol. The summed E-state index contributed by atoms with van der Waals surface area (Å²) in [6.07, 6.45) is 0.536.